The third-order valence-corrected chi connectivity index (χ3v) is 5.93. The van der Waals surface area contributed by atoms with Crippen LogP contribution in [-0.4, -0.2) is 26.9 Å². The zero-order valence-electron chi connectivity index (χ0n) is 15.8. The van der Waals surface area contributed by atoms with Gasteiger partial charge in [-0.15, -0.1) is 0 Å². The van der Waals surface area contributed by atoms with Gasteiger partial charge in [-0.1, -0.05) is 31.0 Å². The Balaban J connectivity index is 2.36. The van der Waals surface area contributed by atoms with Crippen LogP contribution in [0.15, 0.2) is 53.4 Å². The second-order valence-electron chi connectivity index (χ2n) is 6.56. The molecule has 146 valence electrons. The van der Waals surface area contributed by atoms with Gasteiger partial charge in [-0.2, -0.15) is 0 Å². The molecule has 0 aliphatic rings. The first-order chi connectivity index (χ1) is 12.7. The molecule has 5 nitrogen and oxygen atoms in total. The molecule has 0 spiro atoms. The number of carbonyl (C=O) groups excluding carboxylic acids is 1. The fraction of sp³-hybridized carbons (Fsp3) is 0.350. The summed E-state index contributed by atoms with van der Waals surface area (Å²) in [5.41, 5.74) is 1.16. The molecule has 1 atom stereocenters. The minimum atomic E-state index is -3.98. The molecule has 2 aromatic rings. The number of hydrogen-bond acceptors (Lipinski definition) is 3. The molecule has 0 aliphatic carbocycles. The molecule has 0 saturated heterocycles. The summed E-state index contributed by atoms with van der Waals surface area (Å²) in [7, 11) is -3.98. The molecule has 7 heteroatoms. The van der Waals surface area contributed by atoms with Crippen LogP contribution in [0.2, 0.25) is 0 Å². The number of aryl methyl sites for hydroxylation is 1. The molecule has 2 aromatic carbocycles. The van der Waals surface area contributed by atoms with Gasteiger partial charge in [0.2, 0.25) is 5.91 Å². The molecule has 0 heterocycles. The molecule has 0 bridgehead atoms. The Kier molecular flexibility index (Phi) is 6.96. The lowest BCUT2D eigenvalue weighted by molar-refractivity contribution is -0.120. The molecular formula is C20H25FN2O3S. The molecule has 27 heavy (non-hydrogen) atoms. The van der Waals surface area contributed by atoms with E-state index in [0.29, 0.717) is 0 Å². The molecular weight excluding hydrogens is 367 g/mol. The van der Waals surface area contributed by atoms with Crippen molar-refractivity contribution in [1.82, 2.24) is 5.32 Å². The van der Waals surface area contributed by atoms with Crippen molar-refractivity contribution >= 4 is 21.6 Å². The van der Waals surface area contributed by atoms with Crippen molar-refractivity contribution in [2.75, 3.05) is 10.8 Å². The van der Waals surface area contributed by atoms with Crippen LogP contribution in [0.4, 0.5) is 10.1 Å². The second-order valence-corrected chi connectivity index (χ2v) is 8.42. The zero-order valence-corrected chi connectivity index (χ0v) is 16.6. The summed E-state index contributed by atoms with van der Waals surface area (Å²) in [5.74, 6) is -0.886. The smallest absolute Gasteiger partial charge is 0.264 e. The number of halogens is 1. The van der Waals surface area contributed by atoms with Crippen molar-refractivity contribution in [3.63, 3.8) is 0 Å². The van der Waals surface area contributed by atoms with Gasteiger partial charge in [0.15, 0.2) is 0 Å². The van der Waals surface area contributed by atoms with E-state index in [2.05, 4.69) is 5.32 Å². The van der Waals surface area contributed by atoms with E-state index in [4.69, 9.17) is 0 Å². The Morgan fingerprint density at radius 2 is 1.70 bits per heavy atom. The van der Waals surface area contributed by atoms with Crippen molar-refractivity contribution in [2.24, 2.45) is 0 Å². The number of carbonyl (C=O) groups is 1. The quantitative estimate of drug-likeness (QED) is 0.746. The van der Waals surface area contributed by atoms with Gasteiger partial charge in [0.25, 0.3) is 10.0 Å². The van der Waals surface area contributed by atoms with Crippen LogP contribution in [-0.2, 0) is 14.8 Å². The van der Waals surface area contributed by atoms with Crippen LogP contribution in [0.25, 0.3) is 0 Å². The van der Waals surface area contributed by atoms with Crippen molar-refractivity contribution in [1.29, 1.82) is 0 Å². The van der Waals surface area contributed by atoms with E-state index >= 15 is 0 Å². The largest absolute Gasteiger partial charge is 0.352 e. The Bertz CT molecular complexity index is 865. The summed E-state index contributed by atoms with van der Waals surface area (Å²) in [5, 5.41) is 2.81. The van der Waals surface area contributed by atoms with Crippen LogP contribution >= 0.6 is 0 Å². The fourth-order valence-electron chi connectivity index (χ4n) is 2.72. The number of amides is 1. The Hall–Kier alpha value is -2.41. The summed E-state index contributed by atoms with van der Waals surface area (Å²) in [6.07, 6.45) is 1.71. The number of anilines is 1. The van der Waals surface area contributed by atoms with E-state index in [0.717, 1.165) is 22.7 Å². The highest BCUT2D eigenvalue weighted by Crippen LogP contribution is 2.24. The molecule has 0 radical (unpaired) electrons. The fourth-order valence-corrected chi connectivity index (χ4v) is 4.14. The van der Waals surface area contributed by atoms with E-state index in [1.807, 2.05) is 20.8 Å². The lowest BCUT2D eigenvalue weighted by atomic mass is 10.2. The van der Waals surface area contributed by atoms with Gasteiger partial charge in [-0.25, -0.2) is 12.8 Å². The predicted octanol–water partition coefficient (Wildman–Crippen LogP) is 3.63. The Morgan fingerprint density at radius 1 is 1.11 bits per heavy atom. The molecule has 0 aliphatic heterocycles. The summed E-state index contributed by atoms with van der Waals surface area (Å²) in [4.78, 5) is 12.5. The summed E-state index contributed by atoms with van der Waals surface area (Å²) >= 11 is 0. The summed E-state index contributed by atoms with van der Waals surface area (Å²) < 4.78 is 40.5. The van der Waals surface area contributed by atoms with Gasteiger partial charge < -0.3 is 5.32 Å². The molecule has 0 saturated carbocycles. The maximum atomic E-state index is 13.3. The third kappa shape index (κ3) is 5.53. The van der Waals surface area contributed by atoms with E-state index in [1.165, 1.54) is 36.4 Å². The van der Waals surface area contributed by atoms with Crippen LogP contribution in [0.5, 0.6) is 0 Å². The maximum absolute atomic E-state index is 13.3. The first-order valence-electron chi connectivity index (χ1n) is 8.88. The zero-order chi connectivity index (χ0) is 20.0. The molecule has 1 N–H and O–H groups in total. The molecule has 0 aromatic heterocycles. The highest BCUT2D eigenvalue weighted by molar-refractivity contribution is 7.92. The minimum Gasteiger partial charge on any atom is -0.352 e. The Labute approximate surface area is 160 Å². The van der Waals surface area contributed by atoms with Gasteiger partial charge in [0.1, 0.15) is 12.4 Å². The highest BCUT2D eigenvalue weighted by Gasteiger charge is 2.27. The normalized spacial score (nSPS) is 12.4. The number of rotatable bonds is 8. The van der Waals surface area contributed by atoms with Gasteiger partial charge in [-0.05, 0) is 56.7 Å². The molecule has 0 unspecified atom stereocenters. The summed E-state index contributed by atoms with van der Waals surface area (Å²) in [6.45, 7) is 5.36. The van der Waals surface area contributed by atoms with Gasteiger partial charge in [0, 0.05) is 6.04 Å². The number of sulfonamides is 1. The monoisotopic (exact) mass is 392 g/mol. The lowest BCUT2D eigenvalue weighted by Gasteiger charge is -2.25. The van der Waals surface area contributed by atoms with E-state index in [1.54, 1.807) is 12.1 Å². The molecule has 0 fully saturated rings. The van der Waals surface area contributed by atoms with E-state index < -0.39 is 21.7 Å². The molecule has 1 amide bonds. The van der Waals surface area contributed by atoms with Crippen molar-refractivity contribution < 1.29 is 17.6 Å². The predicted molar refractivity (Wildman–Crippen MR) is 105 cm³/mol. The number of hydrogen-bond donors (Lipinski definition) is 1. The average Bonchev–Trinajstić information content (AvgIpc) is 2.61. The standard InChI is InChI=1S/C20H25FN2O3S/c1-4-5-16(3)22-20(24)14-23(18-10-8-17(21)9-11-18)27(25,26)19-12-6-15(2)7-13-19/h6-13,16H,4-5,14H2,1-3H3,(H,22,24)/t16-/m0/s1. The first-order valence-corrected chi connectivity index (χ1v) is 10.3. The van der Waals surface area contributed by atoms with Crippen molar-refractivity contribution in [3.8, 4) is 0 Å². The second kappa shape index (κ2) is 8.99. The SMILES string of the molecule is CCC[C@H](C)NC(=O)CN(c1ccc(F)cc1)S(=O)(=O)c1ccc(C)cc1. The number of nitrogens with zero attached hydrogens (tertiary/aromatic N) is 1. The maximum Gasteiger partial charge on any atom is 0.264 e. The van der Waals surface area contributed by atoms with Crippen LogP contribution in [0.3, 0.4) is 0 Å². The lowest BCUT2D eigenvalue weighted by Crippen LogP contribution is -2.43. The third-order valence-electron chi connectivity index (χ3n) is 4.14. The van der Waals surface area contributed by atoms with Gasteiger partial charge in [-0.3, -0.25) is 9.10 Å². The number of nitrogens with one attached hydrogen (secondary N) is 1. The van der Waals surface area contributed by atoms with Crippen LogP contribution < -0.4 is 9.62 Å². The van der Waals surface area contributed by atoms with Crippen molar-refractivity contribution in [2.45, 2.75) is 44.6 Å². The number of benzene rings is 2. The minimum absolute atomic E-state index is 0.0559. The van der Waals surface area contributed by atoms with E-state index in [-0.39, 0.29) is 23.2 Å². The Morgan fingerprint density at radius 3 is 2.26 bits per heavy atom. The van der Waals surface area contributed by atoms with Crippen molar-refractivity contribution in [3.05, 3.63) is 59.9 Å². The summed E-state index contributed by atoms with van der Waals surface area (Å²) in [6, 6.07) is 11.4. The molecule has 2 rings (SSSR count). The van der Waals surface area contributed by atoms with Crippen LogP contribution in [0, 0.1) is 12.7 Å². The van der Waals surface area contributed by atoms with E-state index in [9.17, 15) is 17.6 Å². The topological polar surface area (TPSA) is 66.5 Å². The highest BCUT2D eigenvalue weighted by atomic mass is 32.2. The van der Waals surface area contributed by atoms with Gasteiger partial charge in [0.05, 0.1) is 10.6 Å². The first kappa shape index (κ1) is 20.9. The van der Waals surface area contributed by atoms with Gasteiger partial charge >= 0.3 is 0 Å². The van der Waals surface area contributed by atoms with Crippen LogP contribution in [0.1, 0.15) is 32.3 Å². The average molecular weight is 392 g/mol.